The number of urea groups is 1. The van der Waals surface area contributed by atoms with Crippen molar-refractivity contribution >= 4 is 45.5 Å². The zero-order chi connectivity index (χ0) is 20.5. The van der Waals surface area contributed by atoms with E-state index in [-0.39, 0.29) is 17.2 Å². The molecular weight excluding hydrogens is 443 g/mol. The number of nitrogens with one attached hydrogen (secondary N) is 1. The van der Waals surface area contributed by atoms with Crippen LogP contribution in [0.2, 0.25) is 0 Å². The molecule has 0 radical (unpaired) electrons. The maximum atomic E-state index is 13.1. The first-order chi connectivity index (χ1) is 13.9. The first kappa shape index (κ1) is 18.8. The molecule has 4 amide bonds. The number of barbiturate groups is 1. The van der Waals surface area contributed by atoms with Crippen LogP contribution in [-0.2, 0) is 9.59 Å². The van der Waals surface area contributed by atoms with E-state index in [0.717, 1.165) is 9.37 Å². The van der Waals surface area contributed by atoms with E-state index in [1.165, 1.54) is 18.2 Å². The third-order valence-corrected chi connectivity index (χ3v) is 4.76. The molecule has 0 saturated carbocycles. The van der Waals surface area contributed by atoms with Gasteiger partial charge < -0.3 is 4.42 Å². The van der Waals surface area contributed by atoms with Gasteiger partial charge >= 0.3 is 6.03 Å². The van der Waals surface area contributed by atoms with Crippen LogP contribution in [-0.4, -0.2) is 17.8 Å². The molecule has 8 heteroatoms. The molecule has 0 unspecified atom stereocenters. The van der Waals surface area contributed by atoms with Crippen molar-refractivity contribution in [3.8, 4) is 11.3 Å². The molecule has 1 N–H and O–H groups in total. The highest BCUT2D eigenvalue weighted by Crippen LogP contribution is 2.26. The van der Waals surface area contributed by atoms with Crippen molar-refractivity contribution in [2.24, 2.45) is 0 Å². The lowest BCUT2D eigenvalue weighted by molar-refractivity contribution is -0.122. The number of furan rings is 1. The second-order valence-corrected chi connectivity index (χ2v) is 7.06. The zero-order valence-corrected chi connectivity index (χ0v) is 16.3. The van der Waals surface area contributed by atoms with Crippen molar-refractivity contribution in [3.05, 3.63) is 82.3 Å². The van der Waals surface area contributed by atoms with Gasteiger partial charge in [0.1, 0.15) is 22.9 Å². The van der Waals surface area contributed by atoms with Crippen LogP contribution in [0.4, 0.5) is 14.9 Å². The minimum Gasteiger partial charge on any atom is -0.457 e. The van der Waals surface area contributed by atoms with Crippen molar-refractivity contribution in [2.45, 2.75) is 0 Å². The van der Waals surface area contributed by atoms with Crippen molar-refractivity contribution in [1.29, 1.82) is 0 Å². The number of hydrogen-bond donors (Lipinski definition) is 1. The Labute approximate surface area is 172 Å². The molecule has 1 fully saturated rings. The summed E-state index contributed by atoms with van der Waals surface area (Å²) in [6, 6.07) is 14.6. The number of benzene rings is 2. The van der Waals surface area contributed by atoms with Crippen molar-refractivity contribution in [2.75, 3.05) is 4.90 Å². The smallest absolute Gasteiger partial charge is 0.335 e. The molecule has 2 heterocycles. The molecule has 0 aliphatic carbocycles. The summed E-state index contributed by atoms with van der Waals surface area (Å²) < 4.78 is 19.5. The first-order valence-electron chi connectivity index (χ1n) is 8.45. The number of hydrogen-bond acceptors (Lipinski definition) is 4. The third kappa shape index (κ3) is 3.74. The summed E-state index contributed by atoms with van der Waals surface area (Å²) in [7, 11) is 0. The number of imide groups is 2. The lowest BCUT2D eigenvalue weighted by Gasteiger charge is -2.26. The van der Waals surface area contributed by atoms with Crippen LogP contribution in [0.25, 0.3) is 17.4 Å². The van der Waals surface area contributed by atoms with Crippen LogP contribution >= 0.6 is 15.9 Å². The Morgan fingerprint density at radius 1 is 0.931 bits per heavy atom. The van der Waals surface area contributed by atoms with Crippen LogP contribution in [0.3, 0.4) is 0 Å². The Morgan fingerprint density at radius 3 is 2.31 bits per heavy atom. The second-order valence-electron chi connectivity index (χ2n) is 6.14. The largest absolute Gasteiger partial charge is 0.457 e. The van der Waals surface area contributed by atoms with E-state index < -0.39 is 17.8 Å². The summed E-state index contributed by atoms with van der Waals surface area (Å²) in [6.07, 6.45) is 1.27. The molecule has 1 aromatic heterocycles. The normalized spacial score (nSPS) is 15.7. The second kappa shape index (κ2) is 7.48. The molecule has 1 aliphatic rings. The van der Waals surface area contributed by atoms with Crippen LogP contribution in [0.15, 0.2) is 75.1 Å². The summed E-state index contributed by atoms with van der Waals surface area (Å²) in [5.74, 6) is -1.26. The number of anilines is 1. The maximum Gasteiger partial charge on any atom is 0.335 e. The molecule has 0 bridgehead atoms. The first-order valence-corrected chi connectivity index (χ1v) is 9.24. The maximum absolute atomic E-state index is 13.1. The van der Waals surface area contributed by atoms with Gasteiger partial charge in [0.05, 0.1) is 5.69 Å². The molecule has 1 saturated heterocycles. The van der Waals surface area contributed by atoms with Crippen LogP contribution in [0, 0.1) is 5.82 Å². The van der Waals surface area contributed by atoms with E-state index in [1.807, 2.05) is 0 Å². The summed E-state index contributed by atoms with van der Waals surface area (Å²) in [4.78, 5) is 38.1. The zero-order valence-electron chi connectivity index (χ0n) is 14.7. The molecule has 0 atom stereocenters. The summed E-state index contributed by atoms with van der Waals surface area (Å²) >= 11 is 3.29. The van der Waals surface area contributed by atoms with Crippen molar-refractivity contribution in [1.82, 2.24) is 5.32 Å². The van der Waals surface area contributed by atoms with Gasteiger partial charge in [0, 0.05) is 10.0 Å². The predicted octanol–water partition coefficient (Wildman–Crippen LogP) is 4.51. The number of rotatable bonds is 3. The van der Waals surface area contributed by atoms with E-state index >= 15 is 0 Å². The van der Waals surface area contributed by atoms with Gasteiger partial charge in [-0.3, -0.25) is 14.9 Å². The Morgan fingerprint density at radius 2 is 1.62 bits per heavy atom. The lowest BCUT2D eigenvalue weighted by atomic mass is 10.1. The minimum atomic E-state index is -0.828. The van der Waals surface area contributed by atoms with E-state index in [0.29, 0.717) is 17.0 Å². The fourth-order valence-corrected chi connectivity index (χ4v) is 3.09. The quantitative estimate of drug-likeness (QED) is 0.466. The molecule has 29 heavy (non-hydrogen) atoms. The summed E-state index contributed by atoms with van der Waals surface area (Å²) in [5, 5.41) is 2.15. The van der Waals surface area contributed by atoms with Crippen molar-refractivity contribution in [3.63, 3.8) is 0 Å². The van der Waals surface area contributed by atoms with E-state index in [9.17, 15) is 18.8 Å². The summed E-state index contributed by atoms with van der Waals surface area (Å²) in [5.41, 5.74) is 0.718. The average molecular weight is 455 g/mol. The Balaban J connectivity index is 1.66. The molecule has 2 aromatic carbocycles. The minimum absolute atomic E-state index is 0.243. The van der Waals surface area contributed by atoms with E-state index in [2.05, 4.69) is 21.2 Å². The fourth-order valence-electron chi connectivity index (χ4n) is 2.82. The lowest BCUT2D eigenvalue weighted by Crippen LogP contribution is -2.54. The van der Waals surface area contributed by atoms with Gasteiger partial charge in [-0.05, 0) is 66.7 Å². The van der Waals surface area contributed by atoms with Crippen LogP contribution < -0.4 is 10.2 Å². The predicted molar refractivity (Wildman–Crippen MR) is 107 cm³/mol. The van der Waals surface area contributed by atoms with Gasteiger partial charge in [0.15, 0.2) is 0 Å². The topological polar surface area (TPSA) is 79.6 Å². The number of carbonyl (C=O) groups excluding carboxylic acids is 3. The molecule has 4 rings (SSSR count). The van der Waals surface area contributed by atoms with E-state index in [4.69, 9.17) is 4.42 Å². The SMILES string of the molecule is O=C1NC(=O)N(c2ccc(Br)cc2)C(=O)C1=Cc1ccc(-c2ccc(F)cc2)o1. The van der Waals surface area contributed by atoms with Gasteiger partial charge in [-0.2, -0.15) is 0 Å². The molecule has 144 valence electrons. The molecule has 6 nitrogen and oxygen atoms in total. The Kier molecular flexibility index (Phi) is 4.85. The highest BCUT2D eigenvalue weighted by Gasteiger charge is 2.37. The van der Waals surface area contributed by atoms with Crippen LogP contribution in [0.1, 0.15) is 5.76 Å². The molecule has 0 spiro atoms. The standard InChI is InChI=1S/C21H12BrFN2O4/c22-13-3-7-15(8-4-13)25-20(27)17(19(26)24-21(25)28)11-16-9-10-18(29-16)12-1-5-14(23)6-2-12/h1-11H,(H,24,26,28). The molecule has 3 aromatic rings. The van der Waals surface area contributed by atoms with Gasteiger partial charge in [0.2, 0.25) is 0 Å². The Bertz CT molecular complexity index is 1150. The van der Waals surface area contributed by atoms with Gasteiger partial charge in [-0.25, -0.2) is 14.1 Å². The average Bonchev–Trinajstić information content (AvgIpc) is 3.16. The van der Waals surface area contributed by atoms with Crippen LogP contribution in [0.5, 0.6) is 0 Å². The number of nitrogens with zero attached hydrogens (tertiary/aromatic N) is 1. The number of amides is 4. The monoisotopic (exact) mass is 454 g/mol. The number of carbonyl (C=O) groups is 3. The highest BCUT2D eigenvalue weighted by atomic mass is 79.9. The van der Waals surface area contributed by atoms with Crippen molar-refractivity contribution < 1.29 is 23.2 Å². The van der Waals surface area contributed by atoms with Gasteiger partial charge in [-0.15, -0.1) is 0 Å². The fraction of sp³-hybridized carbons (Fsp3) is 0. The third-order valence-electron chi connectivity index (χ3n) is 4.23. The van der Waals surface area contributed by atoms with E-state index in [1.54, 1.807) is 48.5 Å². The molecular formula is C21H12BrFN2O4. The summed E-state index contributed by atoms with van der Waals surface area (Å²) in [6.45, 7) is 0. The highest BCUT2D eigenvalue weighted by molar-refractivity contribution is 9.10. The van der Waals surface area contributed by atoms with Gasteiger partial charge in [-0.1, -0.05) is 15.9 Å². The Hall–Kier alpha value is -3.52. The number of halogens is 2. The molecule has 1 aliphatic heterocycles. The van der Waals surface area contributed by atoms with Gasteiger partial charge in [0.25, 0.3) is 11.8 Å².